The summed E-state index contributed by atoms with van der Waals surface area (Å²) >= 11 is 0. The zero-order valence-corrected chi connectivity index (χ0v) is 9.80. The highest BCUT2D eigenvalue weighted by Gasteiger charge is 2.09. The van der Waals surface area contributed by atoms with Crippen molar-refractivity contribution < 1.29 is 4.79 Å². The molecule has 1 aliphatic rings. The molecule has 0 spiro atoms. The van der Waals surface area contributed by atoms with E-state index < -0.39 is 0 Å². The number of nitrogens with one attached hydrogen (secondary N) is 2. The molecule has 0 atom stereocenters. The van der Waals surface area contributed by atoms with Crippen LogP contribution in [-0.4, -0.2) is 64.8 Å². The molecule has 0 radical (unpaired) electrons. The molecule has 7 heteroatoms. The Bertz CT molecular complexity index is 333. The summed E-state index contributed by atoms with van der Waals surface area (Å²) in [5, 5.41) is 10.1. The molecule has 0 saturated carbocycles. The molecule has 1 aromatic heterocycles. The lowest BCUT2D eigenvalue weighted by Gasteiger charge is -2.27. The van der Waals surface area contributed by atoms with E-state index in [2.05, 4.69) is 25.6 Å². The lowest BCUT2D eigenvalue weighted by Crippen LogP contribution is -2.46. The van der Waals surface area contributed by atoms with Gasteiger partial charge in [0.25, 0.3) is 0 Å². The maximum Gasteiger partial charge on any atom is 0.241 e. The summed E-state index contributed by atoms with van der Waals surface area (Å²) in [6.45, 7) is 6.01. The molecule has 94 valence electrons. The molecule has 17 heavy (non-hydrogen) atoms. The minimum Gasteiger partial charge on any atom is -0.353 e. The first-order valence-corrected chi connectivity index (χ1v) is 5.87. The highest BCUT2D eigenvalue weighted by molar-refractivity contribution is 5.75. The van der Waals surface area contributed by atoms with Crippen LogP contribution < -0.4 is 10.6 Å². The average molecular weight is 238 g/mol. The second-order valence-electron chi connectivity index (χ2n) is 4.03. The number of amides is 1. The summed E-state index contributed by atoms with van der Waals surface area (Å²) in [4.78, 5) is 17.6. The van der Waals surface area contributed by atoms with Gasteiger partial charge in [0.2, 0.25) is 5.91 Å². The fourth-order valence-corrected chi connectivity index (χ4v) is 1.81. The summed E-state index contributed by atoms with van der Waals surface area (Å²) in [6, 6.07) is 0. The van der Waals surface area contributed by atoms with E-state index in [-0.39, 0.29) is 12.5 Å². The largest absolute Gasteiger partial charge is 0.353 e. The van der Waals surface area contributed by atoms with Crippen molar-refractivity contribution in [1.82, 2.24) is 30.3 Å². The first kappa shape index (κ1) is 12.0. The van der Waals surface area contributed by atoms with Crippen LogP contribution >= 0.6 is 0 Å². The van der Waals surface area contributed by atoms with Crippen molar-refractivity contribution in [2.45, 2.75) is 6.54 Å². The third kappa shape index (κ3) is 4.12. The molecular formula is C10H18N6O. The van der Waals surface area contributed by atoms with Crippen LogP contribution in [0.15, 0.2) is 12.7 Å². The zero-order valence-electron chi connectivity index (χ0n) is 9.80. The first-order valence-electron chi connectivity index (χ1n) is 5.87. The Balaban J connectivity index is 1.59. The van der Waals surface area contributed by atoms with Crippen molar-refractivity contribution in [3.8, 4) is 0 Å². The number of aromatic nitrogens is 3. The van der Waals surface area contributed by atoms with E-state index in [0.29, 0.717) is 6.54 Å². The molecule has 0 bridgehead atoms. The molecule has 1 aromatic rings. The van der Waals surface area contributed by atoms with Gasteiger partial charge in [-0.15, -0.1) is 0 Å². The van der Waals surface area contributed by atoms with Gasteiger partial charge in [0.1, 0.15) is 19.2 Å². The smallest absolute Gasteiger partial charge is 0.241 e. The highest BCUT2D eigenvalue weighted by atomic mass is 16.2. The second-order valence-corrected chi connectivity index (χ2v) is 4.03. The van der Waals surface area contributed by atoms with Crippen molar-refractivity contribution >= 4 is 5.91 Å². The molecule has 2 N–H and O–H groups in total. The van der Waals surface area contributed by atoms with Crippen LogP contribution in [0.1, 0.15) is 0 Å². The van der Waals surface area contributed by atoms with Crippen LogP contribution in [-0.2, 0) is 11.3 Å². The van der Waals surface area contributed by atoms with E-state index in [1.807, 2.05) is 0 Å². The molecule has 1 fully saturated rings. The quantitative estimate of drug-likeness (QED) is 0.639. The lowest BCUT2D eigenvalue weighted by molar-refractivity contribution is -0.121. The molecule has 0 unspecified atom stereocenters. The summed E-state index contributed by atoms with van der Waals surface area (Å²) in [5.74, 6) is -0.0226. The molecule has 7 nitrogen and oxygen atoms in total. The molecule has 2 heterocycles. The summed E-state index contributed by atoms with van der Waals surface area (Å²) in [7, 11) is 0. The lowest BCUT2D eigenvalue weighted by atomic mass is 10.3. The maximum atomic E-state index is 11.5. The number of nitrogens with zero attached hydrogens (tertiary/aromatic N) is 4. The van der Waals surface area contributed by atoms with Gasteiger partial charge in [0.15, 0.2) is 0 Å². The van der Waals surface area contributed by atoms with E-state index >= 15 is 0 Å². The number of rotatable bonds is 5. The van der Waals surface area contributed by atoms with Crippen LogP contribution in [0, 0.1) is 0 Å². The number of piperazine rings is 1. The zero-order chi connectivity index (χ0) is 11.9. The Kier molecular flexibility index (Phi) is 4.45. The fraction of sp³-hybridized carbons (Fsp3) is 0.700. The van der Waals surface area contributed by atoms with E-state index in [1.54, 1.807) is 0 Å². The van der Waals surface area contributed by atoms with Crippen LogP contribution in [0.25, 0.3) is 0 Å². The Morgan fingerprint density at radius 1 is 1.41 bits per heavy atom. The van der Waals surface area contributed by atoms with Gasteiger partial charge in [-0.2, -0.15) is 5.10 Å². The second kappa shape index (κ2) is 6.31. The van der Waals surface area contributed by atoms with Crippen molar-refractivity contribution in [2.75, 3.05) is 39.3 Å². The van der Waals surface area contributed by atoms with Gasteiger partial charge in [0, 0.05) is 39.3 Å². The predicted octanol–water partition coefficient (Wildman–Crippen LogP) is -1.70. The van der Waals surface area contributed by atoms with Gasteiger partial charge in [0.05, 0.1) is 0 Å². The summed E-state index contributed by atoms with van der Waals surface area (Å²) < 4.78 is 1.51. The van der Waals surface area contributed by atoms with Crippen molar-refractivity contribution in [3.63, 3.8) is 0 Å². The van der Waals surface area contributed by atoms with E-state index in [9.17, 15) is 4.79 Å². The Morgan fingerprint density at radius 2 is 2.24 bits per heavy atom. The van der Waals surface area contributed by atoms with Crippen molar-refractivity contribution in [2.24, 2.45) is 0 Å². The van der Waals surface area contributed by atoms with Gasteiger partial charge in [-0.25, -0.2) is 9.67 Å². The predicted molar refractivity (Wildman–Crippen MR) is 62.3 cm³/mol. The number of hydrogen-bond donors (Lipinski definition) is 2. The van der Waals surface area contributed by atoms with Gasteiger partial charge >= 0.3 is 0 Å². The molecule has 0 aromatic carbocycles. The van der Waals surface area contributed by atoms with E-state index in [1.165, 1.54) is 17.3 Å². The summed E-state index contributed by atoms with van der Waals surface area (Å²) in [5.41, 5.74) is 0. The van der Waals surface area contributed by atoms with E-state index in [0.717, 1.165) is 32.7 Å². The van der Waals surface area contributed by atoms with Gasteiger partial charge < -0.3 is 10.6 Å². The fourth-order valence-electron chi connectivity index (χ4n) is 1.81. The monoisotopic (exact) mass is 238 g/mol. The molecule has 0 aliphatic carbocycles. The van der Waals surface area contributed by atoms with Crippen molar-refractivity contribution in [1.29, 1.82) is 0 Å². The van der Waals surface area contributed by atoms with Crippen LogP contribution in [0.4, 0.5) is 0 Å². The van der Waals surface area contributed by atoms with Gasteiger partial charge in [-0.3, -0.25) is 9.69 Å². The summed E-state index contributed by atoms with van der Waals surface area (Å²) in [6.07, 6.45) is 2.96. The molecule has 1 saturated heterocycles. The Labute approximate surface area is 100 Å². The van der Waals surface area contributed by atoms with E-state index in [4.69, 9.17) is 0 Å². The number of carbonyl (C=O) groups is 1. The molecule has 1 aliphatic heterocycles. The average Bonchev–Trinajstić information content (AvgIpc) is 2.83. The topological polar surface area (TPSA) is 75.1 Å². The molecular weight excluding hydrogens is 220 g/mol. The number of hydrogen-bond acceptors (Lipinski definition) is 5. The minimum atomic E-state index is -0.0226. The number of carbonyl (C=O) groups excluding carboxylic acids is 1. The van der Waals surface area contributed by atoms with Crippen LogP contribution in [0.2, 0.25) is 0 Å². The first-order chi connectivity index (χ1) is 8.34. The SMILES string of the molecule is O=C(Cn1cncn1)NCCN1CCNCC1. The standard InChI is InChI=1S/C10H18N6O/c17-10(7-16-9-12-8-14-16)13-3-6-15-4-1-11-2-5-15/h8-9,11H,1-7H2,(H,13,17). The van der Waals surface area contributed by atoms with Crippen LogP contribution in [0.3, 0.4) is 0 Å². The van der Waals surface area contributed by atoms with Gasteiger partial charge in [-0.05, 0) is 0 Å². The third-order valence-corrected chi connectivity index (χ3v) is 2.73. The van der Waals surface area contributed by atoms with Gasteiger partial charge in [-0.1, -0.05) is 0 Å². The normalized spacial score (nSPS) is 16.9. The molecule has 1 amide bonds. The van der Waals surface area contributed by atoms with Crippen LogP contribution in [0.5, 0.6) is 0 Å². The third-order valence-electron chi connectivity index (χ3n) is 2.73. The molecule has 2 rings (SSSR count). The Hall–Kier alpha value is -1.47. The Morgan fingerprint density at radius 3 is 2.94 bits per heavy atom. The minimum absolute atomic E-state index is 0.0226. The maximum absolute atomic E-state index is 11.5. The van der Waals surface area contributed by atoms with Crippen molar-refractivity contribution in [3.05, 3.63) is 12.7 Å². The highest BCUT2D eigenvalue weighted by Crippen LogP contribution is 1.90.